The molecule has 0 saturated heterocycles. The Balaban J connectivity index is 1.67. The molecule has 29 heavy (non-hydrogen) atoms. The molecule has 0 radical (unpaired) electrons. The van der Waals surface area contributed by atoms with Gasteiger partial charge in [-0.3, -0.25) is 4.79 Å². The van der Waals surface area contributed by atoms with E-state index in [2.05, 4.69) is 26.1 Å². The van der Waals surface area contributed by atoms with Crippen LogP contribution in [0.5, 0.6) is 5.75 Å². The number of amides is 1. The van der Waals surface area contributed by atoms with Gasteiger partial charge in [0.2, 0.25) is 5.91 Å². The van der Waals surface area contributed by atoms with E-state index in [0.29, 0.717) is 24.4 Å². The Labute approximate surface area is 173 Å². The van der Waals surface area contributed by atoms with Crippen molar-refractivity contribution >= 4 is 11.6 Å². The molecule has 0 heterocycles. The molecule has 3 nitrogen and oxygen atoms in total. The van der Waals surface area contributed by atoms with Gasteiger partial charge in [0.25, 0.3) is 0 Å². The highest BCUT2D eigenvalue weighted by atomic mass is 19.1. The summed E-state index contributed by atoms with van der Waals surface area (Å²) in [7, 11) is 0. The molecule has 1 atom stereocenters. The Morgan fingerprint density at radius 3 is 2.69 bits per heavy atom. The second-order valence-electron chi connectivity index (χ2n) is 8.34. The predicted molar refractivity (Wildman–Crippen MR) is 115 cm³/mol. The van der Waals surface area contributed by atoms with Gasteiger partial charge < -0.3 is 10.1 Å². The van der Waals surface area contributed by atoms with Gasteiger partial charge in [0.1, 0.15) is 18.2 Å². The molecule has 3 rings (SSSR count). The van der Waals surface area contributed by atoms with Gasteiger partial charge >= 0.3 is 0 Å². The second-order valence-corrected chi connectivity index (χ2v) is 8.34. The number of anilines is 1. The zero-order chi connectivity index (χ0) is 20.8. The van der Waals surface area contributed by atoms with Crippen molar-refractivity contribution in [3.05, 3.63) is 71.6 Å². The minimum absolute atomic E-state index is 0.108. The molecule has 154 valence electrons. The maximum atomic E-state index is 13.3. The number of rotatable bonds is 9. The summed E-state index contributed by atoms with van der Waals surface area (Å²) in [6, 6.07) is 12.2. The first-order valence-electron chi connectivity index (χ1n) is 10.4. The van der Waals surface area contributed by atoms with Gasteiger partial charge in [0, 0.05) is 5.69 Å². The molecule has 0 bridgehead atoms. The zero-order valence-corrected chi connectivity index (χ0v) is 17.5. The summed E-state index contributed by atoms with van der Waals surface area (Å²) in [5.74, 6) is 1.89. The number of carbonyl (C=O) groups is 1. The zero-order valence-electron chi connectivity index (χ0n) is 17.5. The minimum atomic E-state index is -0.265. The third kappa shape index (κ3) is 6.74. The fraction of sp³-hybridized carbons (Fsp3) is 0.400. The van der Waals surface area contributed by atoms with Crippen LogP contribution in [0.1, 0.15) is 44.7 Å². The molecule has 2 aromatic rings. The minimum Gasteiger partial charge on any atom is -0.489 e. The van der Waals surface area contributed by atoms with Crippen molar-refractivity contribution in [3.8, 4) is 5.75 Å². The molecular weight excluding hydrogens is 365 g/mol. The van der Waals surface area contributed by atoms with Gasteiger partial charge in [-0.2, -0.15) is 0 Å². The lowest BCUT2D eigenvalue weighted by Crippen LogP contribution is -2.11. The lowest BCUT2D eigenvalue weighted by molar-refractivity contribution is -0.111. The smallest absolute Gasteiger partial charge is 0.248 e. The number of hydrogen-bond donors (Lipinski definition) is 1. The largest absolute Gasteiger partial charge is 0.489 e. The van der Waals surface area contributed by atoms with Crippen LogP contribution in [0.2, 0.25) is 0 Å². The van der Waals surface area contributed by atoms with Crippen molar-refractivity contribution in [3.63, 3.8) is 0 Å². The summed E-state index contributed by atoms with van der Waals surface area (Å²) in [5, 5.41) is 3.02. The third-order valence-corrected chi connectivity index (χ3v) is 5.44. The van der Waals surface area contributed by atoms with Crippen LogP contribution in [-0.4, -0.2) is 5.91 Å². The fourth-order valence-corrected chi connectivity index (χ4v) is 3.01. The van der Waals surface area contributed by atoms with Gasteiger partial charge in [-0.25, -0.2) is 4.39 Å². The maximum Gasteiger partial charge on any atom is 0.248 e. The van der Waals surface area contributed by atoms with Crippen LogP contribution in [0.4, 0.5) is 10.1 Å². The summed E-state index contributed by atoms with van der Waals surface area (Å²) in [6.07, 6.45) is 6.97. The summed E-state index contributed by atoms with van der Waals surface area (Å²) >= 11 is 0. The molecule has 1 N–H and O–H groups in total. The van der Waals surface area contributed by atoms with Gasteiger partial charge in [0.05, 0.1) is 0 Å². The highest BCUT2D eigenvalue weighted by Gasteiger charge is 2.23. The van der Waals surface area contributed by atoms with E-state index in [1.54, 1.807) is 12.1 Å². The lowest BCUT2D eigenvalue weighted by Gasteiger charge is -2.14. The van der Waals surface area contributed by atoms with Crippen LogP contribution in [-0.2, 0) is 17.8 Å². The van der Waals surface area contributed by atoms with Crippen molar-refractivity contribution in [1.82, 2.24) is 0 Å². The van der Waals surface area contributed by atoms with E-state index in [9.17, 15) is 9.18 Å². The van der Waals surface area contributed by atoms with Gasteiger partial charge in [-0.05, 0) is 84.6 Å². The van der Waals surface area contributed by atoms with Crippen molar-refractivity contribution in [2.45, 2.75) is 46.6 Å². The highest BCUT2D eigenvalue weighted by molar-refractivity contribution is 5.99. The number of nitrogens with one attached hydrogen (secondary N) is 1. The second kappa shape index (κ2) is 9.73. The summed E-state index contributed by atoms with van der Waals surface area (Å²) in [6.45, 7) is 6.70. The molecule has 1 aliphatic carbocycles. The molecule has 1 fully saturated rings. The molecule has 0 aliphatic heterocycles. The van der Waals surface area contributed by atoms with Crippen LogP contribution in [0, 0.1) is 23.6 Å². The molecule has 1 aliphatic rings. The Hall–Kier alpha value is -2.62. The van der Waals surface area contributed by atoms with Crippen molar-refractivity contribution < 1.29 is 13.9 Å². The Morgan fingerprint density at radius 1 is 1.21 bits per heavy atom. The van der Waals surface area contributed by atoms with Crippen LogP contribution in [0.25, 0.3) is 0 Å². The number of carbonyl (C=O) groups excluding carboxylic acids is 1. The SMILES string of the molecule is CC(C)[C@@H](C)/C=C/C(=O)Nc1ccc(OCc2cccc(F)c2)cc1CC1CC1. The molecule has 0 spiro atoms. The van der Waals surface area contributed by atoms with Crippen LogP contribution in [0.15, 0.2) is 54.6 Å². The topological polar surface area (TPSA) is 38.3 Å². The van der Waals surface area contributed by atoms with Crippen molar-refractivity contribution in [1.29, 1.82) is 0 Å². The molecular formula is C25H30FNO2. The van der Waals surface area contributed by atoms with Crippen LogP contribution >= 0.6 is 0 Å². The Morgan fingerprint density at radius 2 is 2.00 bits per heavy atom. The van der Waals surface area contributed by atoms with Gasteiger partial charge in [-0.1, -0.05) is 39.0 Å². The Bertz CT molecular complexity index is 871. The normalized spacial score (nSPS) is 14.9. The van der Waals surface area contributed by atoms with E-state index in [1.807, 2.05) is 30.3 Å². The van der Waals surface area contributed by atoms with Crippen molar-refractivity contribution in [2.24, 2.45) is 17.8 Å². The quantitative estimate of drug-likeness (QED) is 0.518. The van der Waals surface area contributed by atoms with E-state index in [-0.39, 0.29) is 11.7 Å². The monoisotopic (exact) mass is 395 g/mol. The van der Waals surface area contributed by atoms with Gasteiger partial charge in [0.15, 0.2) is 0 Å². The molecule has 0 aromatic heterocycles. The average Bonchev–Trinajstić information content (AvgIpc) is 3.50. The molecule has 1 amide bonds. The molecule has 4 heteroatoms. The first kappa shape index (κ1) is 21.1. The van der Waals surface area contributed by atoms with E-state index in [0.717, 1.165) is 29.0 Å². The number of allylic oxidation sites excluding steroid dienone is 1. The lowest BCUT2D eigenvalue weighted by atomic mass is 9.98. The average molecular weight is 396 g/mol. The predicted octanol–water partition coefficient (Wildman–Crippen LogP) is 6.14. The molecule has 0 unspecified atom stereocenters. The summed E-state index contributed by atoms with van der Waals surface area (Å²) in [4.78, 5) is 12.4. The third-order valence-electron chi connectivity index (χ3n) is 5.44. The highest BCUT2D eigenvalue weighted by Crippen LogP contribution is 2.36. The summed E-state index contributed by atoms with van der Waals surface area (Å²) < 4.78 is 19.2. The first-order chi connectivity index (χ1) is 13.9. The van der Waals surface area contributed by atoms with Crippen LogP contribution in [0.3, 0.4) is 0 Å². The number of benzene rings is 2. The number of ether oxygens (including phenoxy) is 1. The first-order valence-corrected chi connectivity index (χ1v) is 10.4. The maximum absolute atomic E-state index is 13.3. The molecule has 1 saturated carbocycles. The van der Waals surface area contributed by atoms with E-state index in [4.69, 9.17) is 4.74 Å². The van der Waals surface area contributed by atoms with E-state index in [1.165, 1.54) is 25.0 Å². The van der Waals surface area contributed by atoms with E-state index < -0.39 is 0 Å². The van der Waals surface area contributed by atoms with E-state index >= 15 is 0 Å². The standard InChI is InChI=1S/C25H30FNO2/c1-17(2)18(3)7-12-25(28)27-24-11-10-23(15-21(24)13-19-8-9-19)29-16-20-5-4-6-22(26)14-20/h4-7,10-12,14-15,17-19H,8-9,13,16H2,1-3H3,(H,27,28)/b12-7+/t18-/m0/s1. The Kier molecular flexibility index (Phi) is 7.08. The number of halogens is 1. The van der Waals surface area contributed by atoms with Gasteiger partial charge in [-0.15, -0.1) is 0 Å². The number of hydrogen-bond acceptors (Lipinski definition) is 2. The fourth-order valence-electron chi connectivity index (χ4n) is 3.01. The van der Waals surface area contributed by atoms with Crippen molar-refractivity contribution in [2.75, 3.05) is 5.32 Å². The molecule has 2 aromatic carbocycles. The summed E-state index contributed by atoms with van der Waals surface area (Å²) in [5.41, 5.74) is 2.71. The van der Waals surface area contributed by atoms with Crippen LogP contribution < -0.4 is 10.1 Å².